The van der Waals surface area contributed by atoms with Crippen LogP contribution in [0, 0.1) is 0 Å². The molecule has 0 aliphatic carbocycles. The molecule has 62 valence electrons. The van der Waals surface area contributed by atoms with Gasteiger partial charge in [-0.2, -0.15) is 0 Å². The fourth-order valence-corrected chi connectivity index (χ4v) is 1.02. The maximum absolute atomic E-state index is 5.17. The van der Waals surface area contributed by atoms with Gasteiger partial charge in [0.05, 0.1) is 0 Å². The SMILES string of the molecule is CCOCCCNCCI. The third-order valence-corrected chi connectivity index (χ3v) is 1.66. The first-order valence-corrected chi connectivity index (χ1v) is 5.28. The van der Waals surface area contributed by atoms with E-state index in [1.807, 2.05) is 6.92 Å². The van der Waals surface area contributed by atoms with Crippen molar-refractivity contribution in [2.24, 2.45) is 0 Å². The predicted molar refractivity (Wildman–Crippen MR) is 52.9 cm³/mol. The standard InChI is InChI=1S/C7H16INO/c1-2-10-7-3-5-9-6-4-8/h9H,2-7H2,1H3. The van der Waals surface area contributed by atoms with Crippen molar-refractivity contribution < 1.29 is 4.74 Å². The second-order valence-electron chi connectivity index (χ2n) is 1.99. The van der Waals surface area contributed by atoms with E-state index in [1.165, 1.54) is 4.43 Å². The number of hydrogen-bond donors (Lipinski definition) is 1. The number of ether oxygens (including phenoxy) is 1. The molecule has 0 aliphatic rings. The van der Waals surface area contributed by atoms with Crippen LogP contribution < -0.4 is 5.32 Å². The molecule has 0 saturated heterocycles. The van der Waals surface area contributed by atoms with Gasteiger partial charge in [-0.3, -0.25) is 0 Å². The average molecular weight is 257 g/mol. The molecule has 1 N–H and O–H groups in total. The highest BCUT2D eigenvalue weighted by Gasteiger charge is 1.85. The highest BCUT2D eigenvalue weighted by Crippen LogP contribution is 1.81. The van der Waals surface area contributed by atoms with Gasteiger partial charge in [-0.05, 0) is 19.9 Å². The molecule has 0 fully saturated rings. The molecule has 0 bridgehead atoms. The minimum atomic E-state index is 0.840. The van der Waals surface area contributed by atoms with E-state index < -0.39 is 0 Å². The molecule has 2 nitrogen and oxygen atoms in total. The first-order valence-electron chi connectivity index (χ1n) is 3.76. The lowest BCUT2D eigenvalue weighted by atomic mass is 10.4. The molecule has 0 radical (unpaired) electrons. The van der Waals surface area contributed by atoms with Crippen LogP contribution >= 0.6 is 22.6 Å². The Morgan fingerprint density at radius 3 is 2.80 bits per heavy atom. The van der Waals surface area contributed by atoms with Crippen LogP contribution in [0.15, 0.2) is 0 Å². The lowest BCUT2D eigenvalue weighted by molar-refractivity contribution is 0.145. The highest BCUT2D eigenvalue weighted by atomic mass is 127. The molecule has 0 heterocycles. The smallest absolute Gasteiger partial charge is 0.0477 e. The van der Waals surface area contributed by atoms with E-state index >= 15 is 0 Å². The third-order valence-electron chi connectivity index (χ3n) is 1.12. The summed E-state index contributed by atoms with van der Waals surface area (Å²) in [5, 5.41) is 3.31. The van der Waals surface area contributed by atoms with Crippen LogP contribution in [0.2, 0.25) is 0 Å². The van der Waals surface area contributed by atoms with Crippen LogP contribution in [-0.4, -0.2) is 30.7 Å². The zero-order valence-electron chi connectivity index (χ0n) is 6.53. The maximum atomic E-state index is 5.17. The number of hydrogen-bond acceptors (Lipinski definition) is 2. The van der Waals surface area contributed by atoms with Crippen molar-refractivity contribution in [2.75, 3.05) is 30.7 Å². The van der Waals surface area contributed by atoms with Crippen LogP contribution in [0.1, 0.15) is 13.3 Å². The van der Waals surface area contributed by atoms with Crippen molar-refractivity contribution >= 4 is 22.6 Å². The maximum Gasteiger partial charge on any atom is 0.0477 e. The molecule has 0 unspecified atom stereocenters. The van der Waals surface area contributed by atoms with E-state index in [-0.39, 0.29) is 0 Å². The molecule has 3 heteroatoms. The molecule has 0 saturated carbocycles. The fraction of sp³-hybridized carbons (Fsp3) is 1.00. The van der Waals surface area contributed by atoms with Gasteiger partial charge in [-0.25, -0.2) is 0 Å². The van der Waals surface area contributed by atoms with Crippen molar-refractivity contribution in [3.63, 3.8) is 0 Å². The highest BCUT2D eigenvalue weighted by molar-refractivity contribution is 14.1. The Bertz CT molecular complexity index is 53.6. The fourth-order valence-electron chi connectivity index (χ4n) is 0.635. The summed E-state index contributed by atoms with van der Waals surface area (Å²) in [4.78, 5) is 0. The van der Waals surface area contributed by atoms with Gasteiger partial charge in [-0.15, -0.1) is 0 Å². The van der Waals surface area contributed by atoms with E-state index in [2.05, 4.69) is 27.9 Å². The minimum absolute atomic E-state index is 0.840. The third kappa shape index (κ3) is 8.65. The summed E-state index contributed by atoms with van der Waals surface area (Å²) in [5.41, 5.74) is 0. The normalized spacial score (nSPS) is 10.2. The number of nitrogens with one attached hydrogen (secondary N) is 1. The topological polar surface area (TPSA) is 21.3 Å². The number of rotatable bonds is 7. The van der Waals surface area contributed by atoms with Crippen molar-refractivity contribution in [1.82, 2.24) is 5.32 Å². The largest absolute Gasteiger partial charge is 0.382 e. The van der Waals surface area contributed by atoms with Crippen LogP contribution in [0.5, 0.6) is 0 Å². The Morgan fingerprint density at radius 1 is 1.40 bits per heavy atom. The first kappa shape index (κ1) is 10.7. The average Bonchev–Trinajstić information content (AvgIpc) is 1.97. The van der Waals surface area contributed by atoms with Crippen LogP contribution in [0.4, 0.5) is 0 Å². The molecular weight excluding hydrogens is 241 g/mol. The van der Waals surface area contributed by atoms with Crippen LogP contribution in [-0.2, 0) is 4.74 Å². The van der Waals surface area contributed by atoms with E-state index in [0.29, 0.717) is 0 Å². The van der Waals surface area contributed by atoms with Gasteiger partial charge in [0.15, 0.2) is 0 Å². The molecule has 0 spiro atoms. The zero-order chi connectivity index (χ0) is 7.66. The van der Waals surface area contributed by atoms with Crippen LogP contribution in [0.3, 0.4) is 0 Å². The number of halogens is 1. The first-order chi connectivity index (χ1) is 4.91. The van der Waals surface area contributed by atoms with E-state index in [1.54, 1.807) is 0 Å². The lowest BCUT2D eigenvalue weighted by Gasteiger charge is -2.01. The predicted octanol–water partition coefficient (Wildman–Crippen LogP) is 1.44. The quantitative estimate of drug-likeness (QED) is 0.423. The Balaban J connectivity index is 2.65. The Morgan fingerprint density at radius 2 is 2.20 bits per heavy atom. The monoisotopic (exact) mass is 257 g/mol. The summed E-state index contributed by atoms with van der Waals surface area (Å²) >= 11 is 2.36. The molecular formula is C7H16INO. The van der Waals surface area contributed by atoms with E-state index in [4.69, 9.17) is 4.74 Å². The second kappa shape index (κ2) is 9.65. The van der Waals surface area contributed by atoms with Gasteiger partial charge < -0.3 is 10.1 Å². The van der Waals surface area contributed by atoms with Crippen molar-refractivity contribution in [3.8, 4) is 0 Å². The van der Waals surface area contributed by atoms with E-state index in [9.17, 15) is 0 Å². The van der Waals surface area contributed by atoms with Gasteiger partial charge in [0.1, 0.15) is 0 Å². The van der Waals surface area contributed by atoms with Gasteiger partial charge >= 0.3 is 0 Å². The Hall–Kier alpha value is 0.650. The molecule has 0 atom stereocenters. The zero-order valence-corrected chi connectivity index (χ0v) is 8.69. The number of alkyl halides is 1. The van der Waals surface area contributed by atoms with Crippen molar-refractivity contribution in [1.29, 1.82) is 0 Å². The molecule has 0 amide bonds. The van der Waals surface area contributed by atoms with Crippen molar-refractivity contribution in [3.05, 3.63) is 0 Å². The molecule has 0 aromatic heterocycles. The summed E-state index contributed by atoms with van der Waals surface area (Å²) in [6.45, 7) is 5.96. The Labute approximate surface area is 76.9 Å². The van der Waals surface area contributed by atoms with Gasteiger partial charge in [0, 0.05) is 24.2 Å². The van der Waals surface area contributed by atoms with Gasteiger partial charge in [0.2, 0.25) is 0 Å². The second-order valence-corrected chi connectivity index (χ2v) is 3.07. The molecule has 0 rings (SSSR count). The summed E-state index contributed by atoms with van der Waals surface area (Å²) in [6.07, 6.45) is 1.13. The van der Waals surface area contributed by atoms with Gasteiger partial charge in [0.25, 0.3) is 0 Å². The van der Waals surface area contributed by atoms with E-state index in [0.717, 1.165) is 32.7 Å². The summed E-state index contributed by atoms with van der Waals surface area (Å²) in [5.74, 6) is 0. The Kier molecular flexibility index (Phi) is 10.3. The molecule has 0 aliphatic heterocycles. The van der Waals surface area contributed by atoms with Crippen LogP contribution in [0.25, 0.3) is 0 Å². The minimum Gasteiger partial charge on any atom is -0.382 e. The van der Waals surface area contributed by atoms with Crippen molar-refractivity contribution in [2.45, 2.75) is 13.3 Å². The summed E-state index contributed by atoms with van der Waals surface area (Å²) in [7, 11) is 0. The summed E-state index contributed by atoms with van der Waals surface area (Å²) in [6, 6.07) is 0. The van der Waals surface area contributed by atoms with Gasteiger partial charge in [-0.1, -0.05) is 22.6 Å². The molecule has 10 heavy (non-hydrogen) atoms. The molecule has 0 aromatic rings. The summed E-state index contributed by atoms with van der Waals surface area (Å²) < 4.78 is 6.36. The lowest BCUT2D eigenvalue weighted by Crippen LogP contribution is -2.18. The molecule has 0 aromatic carbocycles.